The summed E-state index contributed by atoms with van der Waals surface area (Å²) in [5.41, 5.74) is 1.04. The number of nitrogens with zero attached hydrogens (tertiary/aromatic N) is 1. The highest BCUT2D eigenvalue weighted by atomic mass is 16.5. The molecule has 2 rings (SSSR count). The molecule has 4 nitrogen and oxygen atoms in total. The van der Waals surface area contributed by atoms with Crippen molar-refractivity contribution in [2.45, 2.75) is 45.8 Å². The zero-order chi connectivity index (χ0) is 15.9. The highest BCUT2D eigenvalue weighted by Gasteiger charge is 2.25. The van der Waals surface area contributed by atoms with Crippen LogP contribution >= 0.6 is 0 Å². The van der Waals surface area contributed by atoms with Gasteiger partial charge in [-0.1, -0.05) is 32.0 Å². The van der Waals surface area contributed by atoms with Crippen LogP contribution in [0.25, 0.3) is 0 Å². The second-order valence-corrected chi connectivity index (χ2v) is 6.36. The Morgan fingerprint density at radius 2 is 2.14 bits per heavy atom. The monoisotopic (exact) mass is 305 g/mol. The molecule has 0 aromatic heterocycles. The van der Waals surface area contributed by atoms with Crippen molar-refractivity contribution in [2.75, 3.05) is 20.3 Å². The van der Waals surface area contributed by atoms with Crippen LogP contribution in [-0.4, -0.2) is 37.2 Å². The van der Waals surface area contributed by atoms with Gasteiger partial charge < -0.3 is 14.4 Å². The van der Waals surface area contributed by atoms with Crippen molar-refractivity contribution in [3.63, 3.8) is 0 Å². The zero-order valence-corrected chi connectivity index (χ0v) is 13.9. The molecule has 1 heterocycles. The Labute approximate surface area is 133 Å². The molecule has 1 aliphatic rings. The first-order valence-corrected chi connectivity index (χ1v) is 8.15. The standard InChI is InChI=1S/C18H27NO3/c1-14(2)13-22-16-9-5-4-8-15(16)12-19(3)18(20)17-10-6-7-11-21-17/h4-5,8-9,14,17H,6-7,10-13H2,1-3H3. The van der Waals surface area contributed by atoms with Gasteiger partial charge >= 0.3 is 0 Å². The van der Waals surface area contributed by atoms with E-state index in [1.807, 2.05) is 31.3 Å². The molecular formula is C18H27NO3. The van der Waals surface area contributed by atoms with Crippen molar-refractivity contribution >= 4 is 5.91 Å². The van der Waals surface area contributed by atoms with E-state index in [2.05, 4.69) is 13.8 Å². The summed E-state index contributed by atoms with van der Waals surface area (Å²) in [5.74, 6) is 1.40. The van der Waals surface area contributed by atoms with Crippen LogP contribution in [0.5, 0.6) is 5.75 Å². The molecule has 1 atom stereocenters. The van der Waals surface area contributed by atoms with Crippen molar-refractivity contribution in [1.29, 1.82) is 0 Å². The summed E-state index contributed by atoms with van der Waals surface area (Å²) < 4.78 is 11.4. The van der Waals surface area contributed by atoms with E-state index >= 15 is 0 Å². The smallest absolute Gasteiger partial charge is 0.251 e. The van der Waals surface area contributed by atoms with Gasteiger partial charge in [0.25, 0.3) is 5.91 Å². The molecule has 0 bridgehead atoms. The molecule has 1 aliphatic heterocycles. The molecule has 0 N–H and O–H groups in total. The minimum Gasteiger partial charge on any atom is -0.493 e. The first-order chi connectivity index (χ1) is 10.6. The van der Waals surface area contributed by atoms with E-state index in [0.29, 0.717) is 25.7 Å². The van der Waals surface area contributed by atoms with Crippen LogP contribution in [-0.2, 0) is 16.1 Å². The quantitative estimate of drug-likeness (QED) is 0.810. The third-order valence-electron chi connectivity index (χ3n) is 3.78. The predicted molar refractivity (Wildman–Crippen MR) is 86.8 cm³/mol. The molecule has 122 valence electrons. The number of likely N-dealkylation sites (N-methyl/N-ethyl adjacent to an activating group) is 1. The first-order valence-electron chi connectivity index (χ1n) is 8.15. The molecule has 1 fully saturated rings. The predicted octanol–water partition coefficient (Wildman–Crippen LogP) is 3.25. The van der Waals surface area contributed by atoms with Crippen LogP contribution in [0.2, 0.25) is 0 Å². The highest BCUT2D eigenvalue weighted by Crippen LogP contribution is 2.22. The Balaban J connectivity index is 1.98. The number of hydrogen-bond donors (Lipinski definition) is 0. The summed E-state index contributed by atoms with van der Waals surface area (Å²) in [4.78, 5) is 14.2. The molecule has 1 amide bonds. The number of rotatable bonds is 6. The molecule has 0 saturated carbocycles. The lowest BCUT2D eigenvalue weighted by atomic mass is 10.1. The fourth-order valence-corrected chi connectivity index (χ4v) is 2.55. The van der Waals surface area contributed by atoms with Crippen LogP contribution in [0.1, 0.15) is 38.7 Å². The third kappa shape index (κ3) is 4.73. The summed E-state index contributed by atoms with van der Waals surface area (Å²) in [5, 5.41) is 0. The van der Waals surface area contributed by atoms with E-state index in [1.54, 1.807) is 4.90 Å². The van der Waals surface area contributed by atoms with Crippen LogP contribution in [0.4, 0.5) is 0 Å². The zero-order valence-electron chi connectivity index (χ0n) is 13.9. The molecular weight excluding hydrogens is 278 g/mol. The van der Waals surface area contributed by atoms with Gasteiger partial charge in [0, 0.05) is 25.8 Å². The number of carbonyl (C=O) groups is 1. The maximum absolute atomic E-state index is 12.4. The first kappa shape index (κ1) is 16.8. The number of carbonyl (C=O) groups excluding carboxylic acids is 1. The highest BCUT2D eigenvalue weighted by molar-refractivity contribution is 5.80. The molecule has 1 saturated heterocycles. The Bertz CT molecular complexity index is 481. The van der Waals surface area contributed by atoms with Crippen LogP contribution < -0.4 is 4.74 Å². The SMILES string of the molecule is CC(C)COc1ccccc1CN(C)C(=O)C1CCCCO1. The fraction of sp³-hybridized carbons (Fsp3) is 0.611. The van der Waals surface area contributed by atoms with E-state index in [1.165, 1.54) is 0 Å². The van der Waals surface area contributed by atoms with Gasteiger partial charge in [-0.15, -0.1) is 0 Å². The van der Waals surface area contributed by atoms with E-state index in [-0.39, 0.29) is 12.0 Å². The lowest BCUT2D eigenvalue weighted by Gasteiger charge is -2.27. The molecule has 1 unspecified atom stereocenters. The summed E-state index contributed by atoms with van der Waals surface area (Å²) in [7, 11) is 1.83. The van der Waals surface area contributed by atoms with Gasteiger partial charge in [0.15, 0.2) is 0 Å². The maximum atomic E-state index is 12.4. The Morgan fingerprint density at radius 1 is 1.36 bits per heavy atom. The van der Waals surface area contributed by atoms with Crippen molar-refractivity contribution in [3.8, 4) is 5.75 Å². The van der Waals surface area contributed by atoms with Crippen molar-refractivity contribution in [3.05, 3.63) is 29.8 Å². The van der Waals surface area contributed by atoms with E-state index in [4.69, 9.17) is 9.47 Å². The number of para-hydroxylation sites is 1. The van der Waals surface area contributed by atoms with E-state index in [0.717, 1.165) is 30.6 Å². The van der Waals surface area contributed by atoms with Gasteiger partial charge in [0.05, 0.1) is 6.61 Å². The molecule has 0 radical (unpaired) electrons. The van der Waals surface area contributed by atoms with Gasteiger partial charge in [-0.05, 0) is 31.2 Å². The second kappa shape index (κ2) is 8.18. The molecule has 1 aromatic carbocycles. The lowest BCUT2D eigenvalue weighted by Crippen LogP contribution is -2.39. The third-order valence-corrected chi connectivity index (χ3v) is 3.78. The van der Waals surface area contributed by atoms with Crippen LogP contribution in [0.15, 0.2) is 24.3 Å². The molecule has 1 aromatic rings. The minimum atomic E-state index is -0.275. The van der Waals surface area contributed by atoms with Gasteiger partial charge in [-0.3, -0.25) is 4.79 Å². The summed E-state index contributed by atoms with van der Waals surface area (Å²) in [6.07, 6.45) is 2.68. The van der Waals surface area contributed by atoms with Crippen molar-refractivity contribution in [1.82, 2.24) is 4.90 Å². The Hall–Kier alpha value is -1.55. The number of ether oxygens (including phenoxy) is 2. The fourth-order valence-electron chi connectivity index (χ4n) is 2.55. The normalized spacial score (nSPS) is 18.3. The van der Waals surface area contributed by atoms with Crippen molar-refractivity contribution < 1.29 is 14.3 Å². The van der Waals surface area contributed by atoms with Gasteiger partial charge in [0.1, 0.15) is 11.9 Å². The van der Waals surface area contributed by atoms with E-state index in [9.17, 15) is 4.79 Å². The largest absolute Gasteiger partial charge is 0.493 e. The summed E-state index contributed by atoms with van der Waals surface area (Å²) >= 11 is 0. The number of benzene rings is 1. The molecule has 4 heteroatoms. The van der Waals surface area contributed by atoms with Crippen LogP contribution in [0, 0.1) is 5.92 Å². The summed E-state index contributed by atoms with van der Waals surface area (Å²) in [6.45, 7) is 6.17. The maximum Gasteiger partial charge on any atom is 0.251 e. The van der Waals surface area contributed by atoms with Gasteiger partial charge in [-0.2, -0.15) is 0 Å². The molecule has 0 spiro atoms. The molecule has 22 heavy (non-hydrogen) atoms. The second-order valence-electron chi connectivity index (χ2n) is 6.36. The van der Waals surface area contributed by atoms with Gasteiger partial charge in [0.2, 0.25) is 0 Å². The average Bonchev–Trinajstić information content (AvgIpc) is 2.54. The number of amides is 1. The number of hydrogen-bond acceptors (Lipinski definition) is 3. The minimum absolute atomic E-state index is 0.0679. The van der Waals surface area contributed by atoms with Crippen molar-refractivity contribution in [2.24, 2.45) is 5.92 Å². The van der Waals surface area contributed by atoms with Crippen LogP contribution in [0.3, 0.4) is 0 Å². The van der Waals surface area contributed by atoms with E-state index < -0.39 is 0 Å². The Morgan fingerprint density at radius 3 is 2.82 bits per heavy atom. The molecule has 0 aliphatic carbocycles. The van der Waals surface area contributed by atoms with Gasteiger partial charge in [-0.25, -0.2) is 0 Å². The topological polar surface area (TPSA) is 38.8 Å². The summed E-state index contributed by atoms with van der Waals surface area (Å²) in [6, 6.07) is 7.92. The lowest BCUT2D eigenvalue weighted by molar-refractivity contribution is -0.145. The average molecular weight is 305 g/mol. The Kier molecular flexibility index (Phi) is 6.25.